The molecule has 6 nitrogen and oxygen atoms in total. The van der Waals surface area contributed by atoms with Crippen molar-refractivity contribution in [2.45, 2.75) is 31.1 Å². The number of alkyl halides is 3. The van der Waals surface area contributed by atoms with Gasteiger partial charge in [0.05, 0.1) is 34.8 Å². The molecular formula is C23H18F4N4O2. The smallest absolute Gasteiger partial charge is 0.355 e. The fraction of sp³-hybridized carbons (Fsp3) is 0.261. The number of carbonyl (C=O) groups is 2. The Bertz CT molecular complexity index is 1200. The number of urea groups is 1. The molecule has 0 bridgehead atoms. The van der Waals surface area contributed by atoms with Crippen LogP contribution in [0.3, 0.4) is 0 Å². The predicted octanol–water partition coefficient (Wildman–Crippen LogP) is 4.61. The molecule has 2 aromatic rings. The summed E-state index contributed by atoms with van der Waals surface area (Å²) in [6, 6.07) is 6.76. The molecule has 1 N–H and O–H groups in total. The summed E-state index contributed by atoms with van der Waals surface area (Å²) >= 11 is 0. The second kappa shape index (κ2) is 8.24. The van der Waals surface area contributed by atoms with Gasteiger partial charge in [0.2, 0.25) is 0 Å². The summed E-state index contributed by atoms with van der Waals surface area (Å²) in [6.07, 6.45) is -0.0337. The molecule has 2 atom stereocenters. The molecule has 170 valence electrons. The van der Waals surface area contributed by atoms with Crippen LogP contribution >= 0.6 is 0 Å². The number of nitrogens with one attached hydrogen (secondary N) is 1. The lowest BCUT2D eigenvalue weighted by atomic mass is 9.95. The summed E-state index contributed by atoms with van der Waals surface area (Å²) in [5, 5.41) is 11.4. The lowest BCUT2D eigenvalue weighted by molar-refractivity contribution is -0.137. The molecule has 0 radical (unpaired) electrons. The molecule has 10 heteroatoms. The normalized spacial score (nSPS) is 19.9. The molecule has 2 aromatic carbocycles. The number of hydrogen-bond donors (Lipinski definition) is 1. The maximum Gasteiger partial charge on any atom is 0.417 e. The number of carbonyl (C=O) groups excluding carboxylic acids is 2. The topological polar surface area (TPSA) is 76.4 Å². The summed E-state index contributed by atoms with van der Waals surface area (Å²) in [7, 11) is 1.36. The van der Waals surface area contributed by atoms with E-state index in [1.807, 2.05) is 6.08 Å². The molecule has 33 heavy (non-hydrogen) atoms. The summed E-state index contributed by atoms with van der Waals surface area (Å²) in [5.74, 6) is -1.45. The molecule has 3 amide bonds. The van der Waals surface area contributed by atoms with Crippen molar-refractivity contribution in [1.82, 2.24) is 5.32 Å². The van der Waals surface area contributed by atoms with Gasteiger partial charge in [0.15, 0.2) is 0 Å². The van der Waals surface area contributed by atoms with Crippen molar-refractivity contribution in [3.05, 3.63) is 71.1 Å². The van der Waals surface area contributed by atoms with Crippen LogP contribution in [0.4, 0.5) is 33.7 Å². The highest BCUT2D eigenvalue weighted by atomic mass is 19.4. The third kappa shape index (κ3) is 3.80. The quantitative estimate of drug-likeness (QED) is 0.539. The Hall–Kier alpha value is -3.87. The SMILES string of the molecule is CNC(=O)c1ccc(N2C(=O)N(c3ccc(C#N)c(C(F)(F)F)c3)[C@H]3CCC=C[C@@H]32)cc1F. The van der Waals surface area contributed by atoms with Crippen LogP contribution in [0.1, 0.15) is 34.3 Å². The van der Waals surface area contributed by atoms with Gasteiger partial charge in [0.1, 0.15) is 5.82 Å². The number of fused-ring (bicyclic) bond motifs is 1. The molecule has 0 unspecified atom stereocenters. The molecule has 0 saturated carbocycles. The lowest BCUT2D eigenvalue weighted by Gasteiger charge is -2.28. The summed E-state index contributed by atoms with van der Waals surface area (Å²) in [5.41, 5.74) is -1.68. The van der Waals surface area contributed by atoms with Gasteiger partial charge >= 0.3 is 12.2 Å². The van der Waals surface area contributed by atoms with Crippen molar-refractivity contribution in [3.8, 4) is 6.07 Å². The van der Waals surface area contributed by atoms with Gasteiger partial charge in [0.25, 0.3) is 5.91 Å². The first kappa shape index (κ1) is 22.3. The highest BCUT2D eigenvalue weighted by Crippen LogP contribution is 2.40. The monoisotopic (exact) mass is 458 g/mol. The van der Waals surface area contributed by atoms with E-state index in [0.29, 0.717) is 12.8 Å². The van der Waals surface area contributed by atoms with E-state index < -0.39 is 47.1 Å². The van der Waals surface area contributed by atoms with Gasteiger partial charge in [-0.25, -0.2) is 9.18 Å². The minimum Gasteiger partial charge on any atom is -0.355 e. The van der Waals surface area contributed by atoms with E-state index in [1.54, 1.807) is 6.08 Å². The Morgan fingerprint density at radius 1 is 1.15 bits per heavy atom. The minimum absolute atomic E-state index is 0.00146. The van der Waals surface area contributed by atoms with E-state index in [9.17, 15) is 27.2 Å². The number of hydrogen-bond acceptors (Lipinski definition) is 3. The zero-order valence-electron chi connectivity index (χ0n) is 17.4. The lowest BCUT2D eigenvalue weighted by Crippen LogP contribution is -2.38. The van der Waals surface area contributed by atoms with Gasteiger partial charge in [0, 0.05) is 18.4 Å². The fourth-order valence-electron chi connectivity index (χ4n) is 4.30. The first-order valence-electron chi connectivity index (χ1n) is 10.1. The average Bonchev–Trinajstić information content (AvgIpc) is 3.09. The number of nitriles is 1. The molecule has 0 aromatic heterocycles. The Morgan fingerprint density at radius 2 is 1.85 bits per heavy atom. The van der Waals surface area contributed by atoms with Gasteiger partial charge in [-0.1, -0.05) is 12.2 Å². The Balaban J connectivity index is 1.79. The maximum absolute atomic E-state index is 14.6. The third-order valence-electron chi connectivity index (χ3n) is 5.81. The van der Waals surface area contributed by atoms with Crippen LogP contribution in [-0.4, -0.2) is 31.1 Å². The Labute approximate surface area is 186 Å². The van der Waals surface area contributed by atoms with Crippen molar-refractivity contribution < 1.29 is 27.2 Å². The van der Waals surface area contributed by atoms with E-state index in [0.717, 1.165) is 18.2 Å². The zero-order chi connectivity index (χ0) is 23.9. The maximum atomic E-state index is 14.6. The standard InChI is InChI=1S/C23H18F4N4O2/c1-29-21(32)16-9-8-15(11-18(16)24)31-20-5-3-2-4-19(20)30(22(31)33)14-7-6-13(12-28)17(10-14)23(25,26)27/h3,5-11,19-20H,2,4H2,1H3,(H,29,32)/t19-,20-/m0/s1. The highest BCUT2D eigenvalue weighted by molar-refractivity contribution is 6.08. The Morgan fingerprint density at radius 3 is 2.48 bits per heavy atom. The van der Waals surface area contributed by atoms with E-state index in [1.165, 1.54) is 41.1 Å². The van der Waals surface area contributed by atoms with E-state index in [-0.39, 0.29) is 16.9 Å². The summed E-state index contributed by atoms with van der Waals surface area (Å²) < 4.78 is 55.1. The van der Waals surface area contributed by atoms with Crippen LogP contribution in [0.5, 0.6) is 0 Å². The number of benzene rings is 2. The van der Waals surface area contributed by atoms with Crippen LogP contribution in [0.2, 0.25) is 0 Å². The summed E-state index contributed by atoms with van der Waals surface area (Å²) in [6.45, 7) is 0. The molecule has 2 aliphatic rings. The van der Waals surface area contributed by atoms with Crippen molar-refractivity contribution in [2.75, 3.05) is 16.8 Å². The first-order chi connectivity index (χ1) is 15.7. The molecule has 4 rings (SSSR count). The van der Waals surface area contributed by atoms with E-state index in [4.69, 9.17) is 5.26 Å². The molecule has 0 spiro atoms. The van der Waals surface area contributed by atoms with Crippen LogP contribution < -0.4 is 15.1 Å². The molecule has 1 aliphatic carbocycles. The number of nitrogens with zero attached hydrogens (tertiary/aromatic N) is 3. The van der Waals surface area contributed by atoms with Crippen LogP contribution in [0.15, 0.2) is 48.6 Å². The molecular weight excluding hydrogens is 440 g/mol. The third-order valence-corrected chi connectivity index (χ3v) is 5.81. The molecule has 1 heterocycles. The first-order valence-corrected chi connectivity index (χ1v) is 10.1. The van der Waals surface area contributed by atoms with Crippen molar-refractivity contribution in [3.63, 3.8) is 0 Å². The largest absolute Gasteiger partial charge is 0.417 e. The Kier molecular flexibility index (Phi) is 5.57. The number of halogens is 4. The van der Waals surface area contributed by atoms with Gasteiger partial charge in [-0.2, -0.15) is 18.4 Å². The van der Waals surface area contributed by atoms with Gasteiger partial charge in [-0.15, -0.1) is 0 Å². The second-order valence-corrected chi connectivity index (χ2v) is 7.67. The van der Waals surface area contributed by atoms with Gasteiger partial charge in [-0.3, -0.25) is 14.6 Å². The fourth-order valence-corrected chi connectivity index (χ4v) is 4.30. The van der Waals surface area contributed by atoms with Crippen molar-refractivity contribution in [1.29, 1.82) is 5.26 Å². The van der Waals surface area contributed by atoms with Gasteiger partial charge < -0.3 is 5.32 Å². The average molecular weight is 458 g/mol. The van der Waals surface area contributed by atoms with Gasteiger partial charge in [-0.05, 0) is 49.2 Å². The minimum atomic E-state index is -4.77. The number of rotatable bonds is 3. The highest BCUT2D eigenvalue weighted by Gasteiger charge is 2.47. The number of amides is 3. The molecule has 1 fully saturated rings. The van der Waals surface area contributed by atoms with E-state index >= 15 is 0 Å². The predicted molar refractivity (Wildman–Crippen MR) is 112 cm³/mol. The second-order valence-electron chi connectivity index (χ2n) is 7.67. The summed E-state index contributed by atoms with van der Waals surface area (Å²) in [4.78, 5) is 27.8. The molecule has 1 aliphatic heterocycles. The van der Waals surface area contributed by atoms with Crippen LogP contribution in [0, 0.1) is 17.1 Å². The van der Waals surface area contributed by atoms with E-state index in [2.05, 4.69) is 5.32 Å². The molecule has 1 saturated heterocycles. The van der Waals surface area contributed by atoms with Crippen LogP contribution in [-0.2, 0) is 6.18 Å². The van der Waals surface area contributed by atoms with Crippen LogP contribution in [0.25, 0.3) is 0 Å². The number of anilines is 2. The van der Waals surface area contributed by atoms with Crippen molar-refractivity contribution in [2.24, 2.45) is 0 Å². The zero-order valence-corrected chi connectivity index (χ0v) is 17.4. The number of allylic oxidation sites excluding steroid dienone is 1. The van der Waals surface area contributed by atoms with Crippen molar-refractivity contribution >= 4 is 23.3 Å².